The second-order valence-corrected chi connectivity index (χ2v) is 10.4. The fourth-order valence-electron chi connectivity index (χ4n) is 2.97. The molecule has 0 rings (SSSR count). The van der Waals surface area contributed by atoms with Gasteiger partial charge in [-0.1, -0.05) is 0 Å². The Kier molecular flexibility index (Phi) is 31.7. The molecule has 0 aliphatic carbocycles. The van der Waals surface area contributed by atoms with Crippen molar-refractivity contribution in [1.29, 1.82) is 0 Å². The van der Waals surface area contributed by atoms with Crippen LogP contribution in [0.5, 0.6) is 0 Å². The van der Waals surface area contributed by atoms with E-state index in [2.05, 4.69) is 0 Å². The quantitative estimate of drug-likeness (QED) is 0.0765. The summed E-state index contributed by atoms with van der Waals surface area (Å²) >= 11 is 0. The van der Waals surface area contributed by atoms with Crippen LogP contribution in [-0.4, -0.2) is 156 Å². The lowest BCUT2D eigenvalue weighted by Crippen LogP contribution is -2.24. The summed E-state index contributed by atoms with van der Waals surface area (Å²) in [4.78, 5) is 11.5. The fourth-order valence-corrected chi connectivity index (χ4v) is 2.97. The Hall–Kier alpha value is -0.970. The van der Waals surface area contributed by atoms with Crippen molar-refractivity contribution in [2.45, 2.75) is 52.7 Å². The molecule has 43 heavy (non-hydrogen) atoms. The van der Waals surface area contributed by atoms with Crippen LogP contribution in [0.1, 0.15) is 41.0 Å². The van der Waals surface area contributed by atoms with Gasteiger partial charge in [-0.15, -0.1) is 0 Å². The number of hydrogen-bond donors (Lipinski definition) is 0. The van der Waals surface area contributed by atoms with E-state index in [-0.39, 0.29) is 18.5 Å². The first-order chi connectivity index (χ1) is 20.8. The number of esters is 1. The SMILES string of the molecule is CC(C)OCCOCCOCCOCCOCCOCCOCCOCCOCCOCCOCCC(=O)OC(C)(C)C. The third-order valence-electron chi connectivity index (χ3n) is 4.90. The van der Waals surface area contributed by atoms with Crippen LogP contribution in [0.4, 0.5) is 0 Å². The van der Waals surface area contributed by atoms with Crippen LogP contribution in [0.2, 0.25) is 0 Å². The second-order valence-electron chi connectivity index (χ2n) is 10.4. The Morgan fingerprint density at radius 3 is 0.884 bits per heavy atom. The summed E-state index contributed by atoms with van der Waals surface area (Å²) < 4.78 is 65.0. The average molecular weight is 629 g/mol. The molecule has 0 saturated carbocycles. The Bertz CT molecular complexity index is 573. The van der Waals surface area contributed by atoms with E-state index in [0.717, 1.165) is 0 Å². The van der Waals surface area contributed by atoms with Crippen molar-refractivity contribution in [2.24, 2.45) is 0 Å². The van der Waals surface area contributed by atoms with Crippen LogP contribution in [0.15, 0.2) is 0 Å². The molecule has 13 heteroatoms. The van der Waals surface area contributed by atoms with Gasteiger partial charge in [-0.25, -0.2) is 0 Å². The number of hydrogen-bond acceptors (Lipinski definition) is 13. The Morgan fingerprint density at radius 1 is 0.419 bits per heavy atom. The molecule has 0 atom stereocenters. The fraction of sp³-hybridized carbons (Fsp3) is 0.967. The molecule has 0 aromatic heterocycles. The van der Waals surface area contributed by atoms with Gasteiger partial charge in [0.15, 0.2) is 0 Å². The van der Waals surface area contributed by atoms with Gasteiger partial charge >= 0.3 is 5.97 Å². The highest BCUT2D eigenvalue weighted by Gasteiger charge is 2.15. The summed E-state index contributed by atoms with van der Waals surface area (Å²) in [6, 6.07) is 0. The Morgan fingerprint density at radius 2 is 0.651 bits per heavy atom. The van der Waals surface area contributed by atoms with Crippen molar-refractivity contribution in [1.82, 2.24) is 0 Å². The maximum absolute atomic E-state index is 11.5. The van der Waals surface area contributed by atoms with Crippen LogP contribution in [0, 0.1) is 0 Å². The zero-order valence-corrected chi connectivity index (χ0v) is 27.4. The van der Waals surface area contributed by atoms with Crippen molar-refractivity contribution in [3.63, 3.8) is 0 Å². The van der Waals surface area contributed by atoms with Gasteiger partial charge in [-0.05, 0) is 34.6 Å². The van der Waals surface area contributed by atoms with Crippen LogP contribution in [0.3, 0.4) is 0 Å². The third-order valence-corrected chi connectivity index (χ3v) is 4.90. The van der Waals surface area contributed by atoms with Gasteiger partial charge < -0.3 is 56.8 Å². The molecule has 0 unspecified atom stereocenters. The number of ether oxygens (including phenoxy) is 12. The zero-order chi connectivity index (χ0) is 31.7. The molecule has 0 bridgehead atoms. The van der Waals surface area contributed by atoms with E-state index in [0.29, 0.717) is 139 Å². The van der Waals surface area contributed by atoms with E-state index in [4.69, 9.17) is 56.8 Å². The largest absolute Gasteiger partial charge is 0.460 e. The molecule has 0 saturated heterocycles. The third kappa shape index (κ3) is 39.0. The highest BCUT2D eigenvalue weighted by atomic mass is 16.6. The number of carbonyl (C=O) groups excluding carboxylic acids is 1. The van der Waals surface area contributed by atoms with Crippen LogP contribution >= 0.6 is 0 Å². The summed E-state index contributed by atoms with van der Waals surface area (Å²) in [7, 11) is 0. The van der Waals surface area contributed by atoms with Gasteiger partial charge in [0.2, 0.25) is 0 Å². The molecule has 13 nitrogen and oxygen atoms in total. The second kappa shape index (κ2) is 32.4. The van der Waals surface area contributed by atoms with E-state index in [9.17, 15) is 4.79 Å². The van der Waals surface area contributed by atoms with E-state index in [1.165, 1.54) is 0 Å². The van der Waals surface area contributed by atoms with E-state index in [1.54, 1.807) is 0 Å². The van der Waals surface area contributed by atoms with Gasteiger partial charge in [0.1, 0.15) is 5.60 Å². The standard InChI is InChI=1S/C30H60O13/c1-28(2)42-27-26-41-25-24-40-23-22-39-21-20-38-19-18-37-17-16-36-15-14-35-13-12-34-11-10-33-9-8-32-7-6-29(31)43-30(3,4)5/h28H,6-27H2,1-5H3. The van der Waals surface area contributed by atoms with E-state index < -0.39 is 5.60 Å². The number of carbonyl (C=O) groups is 1. The summed E-state index contributed by atoms with van der Waals surface area (Å²) in [6.45, 7) is 20.0. The molecule has 0 aliphatic heterocycles. The molecule has 0 amide bonds. The van der Waals surface area contributed by atoms with E-state index >= 15 is 0 Å². The topological polar surface area (TPSA) is 128 Å². The minimum atomic E-state index is -0.471. The maximum Gasteiger partial charge on any atom is 0.308 e. The minimum Gasteiger partial charge on any atom is -0.460 e. The highest BCUT2D eigenvalue weighted by molar-refractivity contribution is 5.69. The lowest BCUT2D eigenvalue weighted by atomic mass is 10.2. The van der Waals surface area contributed by atoms with Gasteiger partial charge in [0, 0.05) is 0 Å². The van der Waals surface area contributed by atoms with Crippen molar-refractivity contribution in [2.75, 3.05) is 139 Å². The lowest BCUT2D eigenvalue weighted by Gasteiger charge is -2.19. The molecule has 0 N–H and O–H groups in total. The first kappa shape index (κ1) is 42.0. The monoisotopic (exact) mass is 628 g/mol. The van der Waals surface area contributed by atoms with Crippen molar-refractivity contribution >= 4 is 5.97 Å². The first-order valence-electron chi connectivity index (χ1n) is 15.4. The summed E-state index contributed by atoms with van der Waals surface area (Å²) in [6.07, 6.45) is 0.462. The summed E-state index contributed by atoms with van der Waals surface area (Å²) in [5, 5.41) is 0. The summed E-state index contributed by atoms with van der Waals surface area (Å²) in [5.41, 5.74) is -0.471. The minimum absolute atomic E-state index is 0.229. The molecule has 0 heterocycles. The van der Waals surface area contributed by atoms with Gasteiger partial charge in [-0.2, -0.15) is 0 Å². The molecule has 0 spiro atoms. The maximum atomic E-state index is 11.5. The smallest absolute Gasteiger partial charge is 0.308 e. The zero-order valence-electron chi connectivity index (χ0n) is 27.4. The molecular weight excluding hydrogens is 568 g/mol. The normalized spacial score (nSPS) is 12.0. The highest BCUT2D eigenvalue weighted by Crippen LogP contribution is 2.08. The molecular formula is C30H60O13. The predicted molar refractivity (Wildman–Crippen MR) is 160 cm³/mol. The van der Waals surface area contributed by atoms with Crippen LogP contribution < -0.4 is 0 Å². The lowest BCUT2D eigenvalue weighted by molar-refractivity contribution is -0.156. The Labute approximate surface area is 259 Å². The van der Waals surface area contributed by atoms with E-state index in [1.807, 2.05) is 34.6 Å². The predicted octanol–water partition coefficient (Wildman–Crippen LogP) is 2.31. The van der Waals surface area contributed by atoms with Crippen molar-refractivity contribution in [3.05, 3.63) is 0 Å². The van der Waals surface area contributed by atoms with Gasteiger partial charge in [-0.3, -0.25) is 4.79 Å². The molecule has 0 aromatic carbocycles. The van der Waals surface area contributed by atoms with Crippen LogP contribution in [-0.2, 0) is 61.6 Å². The summed E-state index contributed by atoms with van der Waals surface area (Å²) in [5.74, 6) is -0.263. The molecule has 0 aliphatic rings. The Balaban J connectivity index is 3.10. The average Bonchev–Trinajstić information content (AvgIpc) is 2.94. The first-order valence-corrected chi connectivity index (χ1v) is 15.4. The molecule has 0 aromatic rings. The van der Waals surface area contributed by atoms with Gasteiger partial charge in [0.05, 0.1) is 151 Å². The van der Waals surface area contributed by atoms with Crippen molar-refractivity contribution in [3.8, 4) is 0 Å². The number of rotatable bonds is 34. The van der Waals surface area contributed by atoms with Gasteiger partial charge in [0.25, 0.3) is 0 Å². The van der Waals surface area contributed by atoms with Crippen LogP contribution in [0.25, 0.3) is 0 Å². The van der Waals surface area contributed by atoms with Crippen molar-refractivity contribution < 1.29 is 61.6 Å². The molecule has 0 radical (unpaired) electrons. The molecule has 258 valence electrons. The molecule has 0 fully saturated rings.